The maximum Gasteiger partial charge on any atom is 0.313 e. The molecular weight excluding hydrogens is 260 g/mol. The zero-order valence-corrected chi connectivity index (χ0v) is 10.9. The predicted octanol–water partition coefficient (Wildman–Crippen LogP) is -0.932. The van der Waals surface area contributed by atoms with E-state index in [2.05, 4.69) is 5.32 Å². The molecule has 1 aliphatic heterocycles. The van der Waals surface area contributed by atoms with Crippen LogP contribution in [0.3, 0.4) is 0 Å². The molecule has 1 saturated heterocycles. The van der Waals surface area contributed by atoms with Gasteiger partial charge in [0.25, 0.3) is 5.91 Å². The monoisotopic (exact) mass is 274 g/mol. The van der Waals surface area contributed by atoms with Gasteiger partial charge in [-0.1, -0.05) is 0 Å². The maximum atomic E-state index is 11.9. The van der Waals surface area contributed by atoms with Crippen molar-refractivity contribution in [2.45, 2.75) is 19.4 Å². The second-order valence-electron chi connectivity index (χ2n) is 4.30. The molecule has 0 atom stereocenters. The van der Waals surface area contributed by atoms with Crippen molar-refractivity contribution in [2.75, 3.05) is 18.1 Å². The molecule has 8 heteroatoms. The highest BCUT2D eigenvalue weighted by atomic mass is 32.2. The molecule has 0 aliphatic carbocycles. The zero-order chi connectivity index (χ0) is 13.9. The topological polar surface area (TPSA) is 104 Å². The summed E-state index contributed by atoms with van der Waals surface area (Å²) < 4.78 is 0. The van der Waals surface area contributed by atoms with Gasteiger partial charge in [0.2, 0.25) is 11.8 Å². The maximum absolute atomic E-state index is 11.9. The number of rotatable bonds is 4. The minimum atomic E-state index is -1.10. The Kier molecular flexibility index (Phi) is 4.33. The molecule has 0 aromatic carbocycles. The zero-order valence-electron chi connectivity index (χ0n) is 10.1. The van der Waals surface area contributed by atoms with Crippen LogP contribution in [0.25, 0.3) is 0 Å². The van der Waals surface area contributed by atoms with Crippen LogP contribution in [0.1, 0.15) is 13.8 Å². The number of carbonyl (C=O) groups is 4. The molecule has 0 saturated carbocycles. The fraction of sp³-hybridized carbons (Fsp3) is 0.600. The lowest BCUT2D eigenvalue weighted by Gasteiger charge is -2.40. The highest BCUT2D eigenvalue weighted by molar-refractivity contribution is 8.00. The van der Waals surface area contributed by atoms with E-state index in [1.54, 1.807) is 0 Å². The summed E-state index contributed by atoms with van der Waals surface area (Å²) in [6.45, 7) is 2.88. The van der Waals surface area contributed by atoms with Crippen molar-refractivity contribution in [3.8, 4) is 0 Å². The Hall–Kier alpha value is -1.57. The van der Waals surface area contributed by atoms with Crippen molar-refractivity contribution in [3.63, 3.8) is 0 Å². The van der Waals surface area contributed by atoms with Gasteiger partial charge in [0.1, 0.15) is 12.1 Å². The number of imide groups is 1. The van der Waals surface area contributed by atoms with Crippen LogP contribution in [0.5, 0.6) is 0 Å². The summed E-state index contributed by atoms with van der Waals surface area (Å²) >= 11 is 0.933. The van der Waals surface area contributed by atoms with Crippen molar-refractivity contribution in [1.29, 1.82) is 0 Å². The first kappa shape index (κ1) is 14.5. The first-order valence-corrected chi connectivity index (χ1v) is 6.35. The molecule has 7 nitrogen and oxygen atoms in total. The van der Waals surface area contributed by atoms with Crippen molar-refractivity contribution in [2.24, 2.45) is 0 Å². The van der Waals surface area contributed by atoms with Gasteiger partial charge >= 0.3 is 5.97 Å². The first-order chi connectivity index (χ1) is 8.25. The minimum absolute atomic E-state index is 0.0731. The number of amides is 3. The van der Waals surface area contributed by atoms with Gasteiger partial charge in [0.15, 0.2) is 0 Å². The Morgan fingerprint density at radius 1 is 1.39 bits per heavy atom. The molecule has 100 valence electrons. The fourth-order valence-corrected chi connectivity index (χ4v) is 2.09. The standard InChI is InChI=1S/C10H14N2O5S/c1-10(2)9(17)11-6(13)3-12(10)7(14)4-18-5-8(15)16/h3-5H2,1-2H3,(H,15,16)(H,11,13,17). The number of carboxylic acids is 1. The van der Waals surface area contributed by atoms with Gasteiger partial charge in [-0.2, -0.15) is 0 Å². The van der Waals surface area contributed by atoms with E-state index in [9.17, 15) is 19.2 Å². The van der Waals surface area contributed by atoms with E-state index in [0.717, 1.165) is 11.8 Å². The summed E-state index contributed by atoms with van der Waals surface area (Å²) in [5.41, 5.74) is -1.10. The van der Waals surface area contributed by atoms with Gasteiger partial charge in [0.05, 0.1) is 11.5 Å². The molecule has 0 aromatic rings. The molecule has 1 fully saturated rings. The Morgan fingerprint density at radius 2 is 2.00 bits per heavy atom. The van der Waals surface area contributed by atoms with Crippen molar-refractivity contribution in [1.82, 2.24) is 10.2 Å². The van der Waals surface area contributed by atoms with Crippen molar-refractivity contribution >= 4 is 35.5 Å². The van der Waals surface area contributed by atoms with Crippen LogP contribution < -0.4 is 5.32 Å². The quantitative estimate of drug-likeness (QED) is 0.642. The van der Waals surface area contributed by atoms with Crippen LogP contribution in [0.15, 0.2) is 0 Å². The molecule has 0 radical (unpaired) electrons. The van der Waals surface area contributed by atoms with E-state index in [1.807, 2.05) is 0 Å². The van der Waals surface area contributed by atoms with E-state index >= 15 is 0 Å². The highest BCUT2D eigenvalue weighted by Gasteiger charge is 2.43. The van der Waals surface area contributed by atoms with Crippen LogP contribution in [0.2, 0.25) is 0 Å². The molecule has 0 unspecified atom stereocenters. The number of aliphatic carboxylic acids is 1. The van der Waals surface area contributed by atoms with E-state index in [4.69, 9.17) is 5.11 Å². The van der Waals surface area contributed by atoms with Gasteiger partial charge in [-0.25, -0.2) is 0 Å². The van der Waals surface area contributed by atoms with Crippen LogP contribution in [-0.4, -0.2) is 57.3 Å². The Labute approximate surface area is 108 Å². The number of thioether (sulfide) groups is 1. The van der Waals surface area contributed by atoms with Crippen LogP contribution >= 0.6 is 11.8 Å². The molecule has 18 heavy (non-hydrogen) atoms. The number of nitrogens with one attached hydrogen (secondary N) is 1. The van der Waals surface area contributed by atoms with E-state index < -0.39 is 29.2 Å². The number of hydrogen-bond acceptors (Lipinski definition) is 5. The summed E-state index contributed by atoms with van der Waals surface area (Å²) in [5, 5.41) is 10.6. The molecular formula is C10H14N2O5S. The number of carboxylic acid groups (broad SMARTS) is 1. The predicted molar refractivity (Wildman–Crippen MR) is 63.9 cm³/mol. The van der Waals surface area contributed by atoms with Crippen LogP contribution in [0.4, 0.5) is 0 Å². The second kappa shape index (κ2) is 5.38. The molecule has 0 spiro atoms. The normalized spacial score (nSPS) is 18.4. The van der Waals surface area contributed by atoms with Crippen molar-refractivity contribution in [3.05, 3.63) is 0 Å². The van der Waals surface area contributed by atoms with E-state index in [-0.39, 0.29) is 18.1 Å². The Balaban J connectivity index is 2.67. The average molecular weight is 274 g/mol. The molecule has 1 aliphatic rings. The summed E-state index contributed by atoms with van der Waals surface area (Å²) in [5.74, 6) is -2.77. The lowest BCUT2D eigenvalue weighted by Crippen LogP contribution is -2.65. The molecule has 0 bridgehead atoms. The van der Waals surface area contributed by atoms with Crippen LogP contribution in [0, 0.1) is 0 Å². The lowest BCUT2D eigenvalue weighted by molar-refractivity contribution is -0.154. The molecule has 2 N–H and O–H groups in total. The minimum Gasteiger partial charge on any atom is -0.481 e. The summed E-state index contributed by atoms with van der Waals surface area (Å²) in [7, 11) is 0. The molecule has 1 heterocycles. The molecule has 0 aromatic heterocycles. The summed E-state index contributed by atoms with van der Waals surface area (Å²) in [6, 6.07) is 0. The average Bonchev–Trinajstić information content (AvgIpc) is 2.23. The largest absolute Gasteiger partial charge is 0.481 e. The first-order valence-electron chi connectivity index (χ1n) is 5.19. The number of nitrogens with zero attached hydrogens (tertiary/aromatic N) is 1. The Bertz CT molecular complexity index is 407. The lowest BCUT2D eigenvalue weighted by atomic mass is 9.99. The fourth-order valence-electron chi connectivity index (χ4n) is 1.49. The van der Waals surface area contributed by atoms with E-state index in [1.165, 1.54) is 18.7 Å². The van der Waals surface area contributed by atoms with Gasteiger partial charge < -0.3 is 10.0 Å². The molecule has 1 rings (SSSR count). The third-order valence-electron chi connectivity index (χ3n) is 2.54. The number of carbonyl (C=O) groups excluding carboxylic acids is 3. The third-order valence-corrected chi connectivity index (χ3v) is 3.44. The van der Waals surface area contributed by atoms with Gasteiger partial charge in [-0.15, -0.1) is 11.8 Å². The smallest absolute Gasteiger partial charge is 0.313 e. The third kappa shape index (κ3) is 3.22. The summed E-state index contributed by atoms with van der Waals surface area (Å²) in [4.78, 5) is 46.2. The number of piperazine rings is 1. The number of hydrogen-bond donors (Lipinski definition) is 2. The Morgan fingerprint density at radius 3 is 2.56 bits per heavy atom. The van der Waals surface area contributed by atoms with Crippen molar-refractivity contribution < 1.29 is 24.3 Å². The second-order valence-corrected chi connectivity index (χ2v) is 5.29. The van der Waals surface area contributed by atoms with Crippen LogP contribution in [-0.2, 0) is 19.2 Å². The molecule has 3 amide bonds. The van der Waals surface area contributed by atoms with E-state index in [0.29, 0.717) is 0 Å². The highest BCUT2D eigenvalue weighted by Crippen LogP contribution is 2.19. The summed E-state index contributed by atoms with van der Waals surface area (Å²) in [6.07, 6.45) is 0. The van der Waals surface area contributed by atoms with Gasteiger partial charge in [0, 0.05) is 0 Å². The van der Waals surface area contributed by atoms with Gasteiger partial charge in [-0.3, -0.25) is 24.5 Å². The van der Waals surface area contributed by atoms with Gasteiger partial charge in [-0.05, 0) is 13.8 Å². The SMILES string of the molecule is CC1(C)C(=O)NC(=O)CN1C(=O)CSCC(=O)O.